The van der Waals surface area contributed by atoms with Crippen molar-refractivity contribution in [2.45, 2.75) is 25.4 Å². The first kappa shape index (κ1) is 19.4. The molecule has 0 aliphatic heterocycles. The van der Waals surface area contributed by atoms with E-state index in [1.165, 1.54) is 12.1 Å². The maximum atomic E-state index is 13.8. The third-order valence-electron chi connectivity index (χ3n) is 4.86. The number of fused-ring (bicyclic) bond motifs is 1. The van der Waals surface area contributed by atoms with Gasteiger partial charge < -0.3 is 14.4 Å². The van der Waals surface area contributed by atoms with Crippen molar-refractivity contribution in [2.75, 3.05) is 13.7 Å². The van der Waals surface area contributed by atoms with Crippen LogP contribution in [0.5, 0.6) is 5.75 Å². The highest BCUT2D eigenvalue weighted by molar-refractivity contribution is 7.20. The zero-order valence-corrected chi connectivity index (χ0v) is 16.7. The van der Waals surface area contributed by atoms with Crippen LogP contribution >= 0.6 is 11.3 Å². The third-order valence-corrected chi connectivity index (χ3v) is 5.94. The van der Waals surface area contributed by atoms with Crippen LogP contribution in [-0.2, 0) is 16.1 Å². The minimum atomic E-state index is -0.612. The molecule has 1 aliphatic carbocycles. The van der Waals surface area contributed by atoms with Crippen LogP contribution in [0.25, 0.3) is 10.1 Å². The summed E-state index contributed by atoms with van der Waals surface area (Å²) >= 11 is 1.15. The summed E-state index contributed by atoms with van der Waals surface area (Å²) in [4.78, 5) is 27.1. The number of methoxy groups -OCH3 is 1. The lowest BCUT2D eigenvalue weighted by Crippen LogP contribution is -2.36. The molecule has 0 spiro atoms. The lowest BCUT2D eigenvalue weighted by atomic mass is 10.2. The molecule has 4 rings (SSSR count). The number of rotatable bonds is 7. The van der Waals surface area contributed by atoms with Crippen LogP contribution in [0.3, 0.4) is 0 Å². The van der Waals surface area contributed by atoms with Crippen molar-refractivity contribution in [1.82, 2.24) is 4.90 Å². The first-order chi connectivity index (χ1) is 14.0. The van der Waals surface area contributed by atoms with E-state index in [1.54, 1.807) is 24.1 Å². The Balaban J connectivity index is 1.39. The van der Waals surface area contributed by atoms with Gasteiger partial charge in [0, 0.05) is 22.7 Å². The van der Waals surface area contributed by atoms with Gasteiger partial charge in [0.15, 0.2) is 6.61 Å². The molecule has 5 nitrogen and oxygen atoms in total. The Labute approximate surface area is 171 Å². The molecule has 0 saturated heterocycles. The van der Waals surface area contributed by atoms with E-state index in [0.717, 1.165) is 35.5 Å². The number of benzene rings is 2. The molecule has 1 saturated carbocycles. The molecule has 3 aromatic rings. The zero-order valence-electron chi connectivity index (χ0n) is 15.9. The second kappa shape index (κ2) is 8.21. The molecule has 7 heteroatoms. The van der Waals surface area contributed by atoms with Gasteiger partial charge in [-0.2, -0.15) is 0 Å². The summed E-state index contributed by atoms with van der Waals surface area (Å²) in [5, 5.41) is 0.384. The average molecular weight is 413 g/mol. The first-order valence-corrected chi connectivity index (χ1v) is 10.1. The molecule has 2 aromatic carbocycles. The predicted molar refractivity (Wildman–Crippen MR) is 109 cm³/mol. The van der Waals surface area contributed by atoms with Gasteiger partial charge in [-0.15, -0.1) is 11.3 Å². The van der Waals surface area contributed by atoms with Gasteiger partial charge >= 0.3 is 5.97 Å². The minimum Gasteiger partial charge on any atom is -0.497 e. The molecular weight excluding hydrogens is 393 g/mol. The van der Waals surface area contributed by atoms with Crippen molar-refractivity contribution in [2.24, 2.45) is 0 Å². The maximum absolute atomic E-state index is 13.8. The van der Waals surface area contributed by atoms with Gasteiger partial charge in [-0.25, -0.2) is 9.18 Å². The smallest absolute Gasteiger partial charge is 0.348 e. The van der Waals surface area contributed by atoms with E-state index in [0.29, 0.717) is 16.6 Å². The highest BCUT2D eigenvalue weighted by Gasteiger charge is 2.33. The SMILES string of the molecule is COc1ccc(CN(C(=O)COC(=O)c2cc3c(F)cccc3s2)C2CC2)cc1. The monoisotopic (exact) mass is 413 g/mol. The standard InChI is InChI=1S/C22H20FNO4S/c1-27-16-9-5-14(6-10-16)12-24(15-7-8-15)21(25)13-28-22(26)20-11-17-18(23)3-2-4-19(17)29-20/h2-6,9-11,15H,7-8,12-13H2,1H3. The summed E-state index contributed by atoms with van der Waals surface area (Å²) in [6, 6.07) is 13.9. The highest BCUT2D eigenvalue weighted by Crippen LogP contribution is 2.30. The quantitative estimate of drug-likeness (QED) is 0.539. The molecule has 1 heterocycles. The molecule has 1 aliphatic rings. The van der Waals surface area contributed by atoms with Gasteiger partial charge in [0.25, 0.3) is 5.91 Å². The fourth-order valence-corrected chi connectivity index (χ4v) is 4.11. The lowest BCUT2D eigenvalue weighted by Gasteiger charge is -2.22. The third kappa shape index (κ3) is 4.40. The van der Waals surface area contributed by atoms with E-state index in [1.807, 2.05) is 24.3 Å². The van der Waals surface area contributed by atoms with Crippen LogP contribution in [0.15, 0.2) is 48.5 Å². The summed E-state index contributed by atoms with van der Waals surface area (Å²) in [5.74, 6) is -0.469. The summed E-state index contributed by atoms with van der Waals surface area (Å²) in [6.07, 6.45) is 1.90. The van der Waals surface area contributed by atoms with Gasteiger partial charge in [0.05, 0.1) is 7.11 Å². The molecule has 1 fully saturated rings. The normalized spacial score (nSPS) is 13.3. The van der Waals surface area contributed by atoms with Gasteiger partial charge in [0.1, 0.15) is 16.4 Å². The van der Waals surface area contributed by atoms with Crippen LogP contribution in [0, 0.1) is 5.82 Å². The van der Waals surface area contributed by atoms with Crippen LogP contribution < -0.4 is 4.74 Å². The Morgan fingerprint density at radius 3 is 2.59 bits per heavy atom. The van der Waals surface area contributed by atoms with Gasteiger partial charge in [-0.1, -0.05) is 18.2 Å². The summed E-state index contributed by atoms with van der Waals surface area (Å²) in [5.41, 5.74) is 0.984. The van der Waals surface area contributed by atoms with E-state index >= 15 is 0 Å². The molecule has 29 heavy (non-hydrogen) atoms. The van der Waals surface area contributed by atoms with Crippen LogP contribution in [-0.4, -0.2) is 36.5 Å². The Morgan fingerprint density at radius 1 is 1.17 bits per heavy atom. The number of carbonyl (C=O) groups is 2. The van der Waals surface area contributed by atoms with Crippen molar-refractivity contribution >= 4 is 33.3 Å². The summed E-state index contributed by atoms with van der Waals surface area (Å²) in [7, 11) is 1.61. The number of nitrogens with zero attached hydrogens (tertiary/aromatic N) is 1. The van der Waals surface area contributed by atoms with E-state index in [-0.39, 0.29) is 29.3 Å². The highest BCUT2D eigenvalue weighted by atomic mass is 32.1. The van der Waals surface area contributed by atoms with E-state index in [2.05, 4.69) is 0 Å². The Bertz CT molecular complexity index is 1040. The topological polar surface area (TPSA) is 55.8 Å². The summed E-state index contributed by atoms with van der Waals surface area (Å²) < 4.78 is 24.9. The minimum absolute atomic E-state index is 0.182. The molecular formula is C22H20FNO4S. The molecule has 0 N–H and O–H groups in total. The molecule has 150 valence electrons. The summed E-state index contributed by atoms with van der Waals surface area (Å²) in [6.45, 7) is 0.126. The number of hydrogen-bond donors (Lipinski definition) is 0. The predicted octanol–water partition coefficient (Wildman–Crippen LogP) is 4.40. The van der Waals surface area contributed by atoms with Crippen molar-refractivity contribution in [1.29, 1.82) is 0 Å². The van der Waals surface area contributed by atoms with Crippen molar-refractivity contribution in [3.63, 3.8) is 0 Å². The van der Waals surface area contributed by atoms with Crippen molar-refractivity contribution < 1.29 is 23.5 Å². The molecule has 0 unspecified atom stereocenters. The number of carbonyl (C=O) groups excluding carboxylic acids is 2. The van der Waals surface area contributed by atoms with Crippen LogP contribution in [0.1, 0.15) is 28.1 Å². The molecule has 0 atom stereocenters. The lowest BCUT2D eigenvalue weighted by molar-refractivity contribution is -0.135. The molecule has 0 bridgehead atoms. The fourth-order valence-electron chi connectivity index (χ4n) is 3.14. The molecule has 0 radical (unpaired) electrons. The Kier molecular flexibility index (Phi) is 5.49. The van der Waals surface area contributed by atoms with E-state index in [9.17, 15) is 14.0 Å². The fraction of sp³-hybridized carbons (Fsp3) is 0.273. The number of halogens is 1. The second-order valence-electron chi connectivity index (χ2n) is 6.94. The first-order valence-electron chi connectivity index (χ1n) is 9.33. The number of amides is 1. The van der Waals surface area contributed by atoms with Crippen LogP contribution in [0.4, 0.5) is 4.39 Å². The van der Waals surface area contributed by atoms with Crippen molar-refractivity contribution in [3.05, 3.63) is 64.8 Å². The Hall–Kier alpha value is -2.93. The number of thiophene rings is 1. The number of hydrogen-bond acceptors (Lipinski definition) is 5. The second-order valence-corrected chi connectivity index (χ2v) is 8.02. The Morgan fingerprint density at radius 2 is 1.93 bits per heavy atom. The largest absolute Gasteiger partial charge is 0.497 e. The zero-order chi connectivity index (χ0) is 20.4. The van der Waals surface area contributed by atoms with Crippen molar-refractivity contribution in [3.8, 4) is 5.75 Å². The van der Waals surface area contributed by atoms with E-state index in [4.69, 9.17) is 9.47 Å². The molecule has 1 aromatic heterocycles. The number of ether oxygens (including phenoxy) is 2. The maximum Gasteiger partial charge on any atom is 0.348 e. The van der Waals surface area contributed by atoms with E-state index < -0.39 is 5.97 Å². The molecule has 1 amide bonds. The van der Waals surface area contributed by atoms with Crippen LogP contribution in [0.2, 0.25) is 0 Å². The van der Waals surface area contributed by atoms with Gasteiger partial charge in [-0.3, -0.25) is 4.79 Å². The number of esters is 1. The van der Waals surface area contributed by atoms with Gasteiger partial charge in [-0.05, 0) is 48.7 Å². The van der Waals surface area contributed by atoms with Gasteiger partial charge in [0.2, 0.25) is 0 Å². The average Bonchev–Trinajstić information content (AvgIpc) is 3.48.